The van der Waals surface area contributed by atoms with Crippen LogP contribution in [0.5, 0.6) is 11.6 Å². The topological polar surface area (TPSA) is 90.4 Å². The standard InChI is InChI=1S/C25H20ClN3O4/c1-15(16-5-7-18(8-6-16)25(31)32-2)29-23(30)21-12-19(26)14-28-24(21)33-20-10-9-17-4-3-11-27-22(17)13-20/h3-15H,1-2H3,(H,29,30)/t15-/m0/s1. The number of benzene rings is 2. The highest BCUT2D eigenvalue weighted by Crippen LogP contribution is 2.28. The summed E-state index contributed by atoms with van der Waals surface area (Å²) in [6, 6.07) is 17.2. The molecule has 0 radical (unpaired) electrons. The Morgan fingerprint density at radius 2 is 1.82 bits per heavy atom. The van der Waals surface area contributed by atoms with Crippen LogP contribution in [0.3, 0.4) is 0 Å². The Morgan fingerprint density at radius 3 is 2.58 bits per heavy atom. The van der Waals surface area contributed by atoms with Gasteiger partial charge in [-0.15, -0.1) is 0 Å². The molecular weight excluding hydrogens is 442 g/mol. The second-order valence-electron chi connectivity index (χ2n) is 7.27. The Kier molecular flexibility index (Phi) is 6.51. The molecule has 33 heavy (non-hydrogen) atoms. The van der Waals surface area contributed by atoms with E-state index in [4.69, 9.17) is 21.1 Å². The molecule has 2 heterocycles. The third-order valence-electron chi connectivity index (χ3n) is 5.03. The molecule has 2 aromatic carbocycles. The molecular formula is C25H20ClN3O4. The Morgan fingerprint density at radius 1 is 1.03 bits per heavy atom. The van der Waals surface area contributed by atoms with Crippen molar-refractivity contribution in [2.45, 2.75) is 13.0 Å². The van der Waals surface area contributed by atoms with Gasteiger partial charge in [-0.2, -0.15) is 0 Å². The minimum Gasteiger partial charge on any atom is -0.465 e. The fourth-order valence-electron chi connectivity index (χ4n) is 3.28. The van der Waals surface area contributed by atoms with E-state index in [0.29, 0.717) is 16.3 Å². The van der Waals surface area contributed by atoms with Crippen molar-refractivity contribution in [1.82, 2.24) is 15.3 Å². The van der Waals surface area contributed by atoms with E-state index in [9.17, 15) is 9.59 Å². The lowest BCUT2D eigenvalue weighted by atomic mass is 10.1. The zero-order valence-corrected chi connectivity index (χ0v) is 18.7. The fourth-order valence-corrected chi connectivity index (χ4v) is 3.43. The monoisotopic (exact) mass is 461 g/mol. The molecule has 166 valence electrons. The Labute approximate surface area is 195 Å². The first-order valence-electron chi connectivity index (χ1n) is 10.1. The van der Waals surface area contributed by atoms with Gasteiger partial charge in [0.05, 0.1) is 29.3 Å². The zero-order chi connectivity index (χ0) is 23.4. The van der Waals surface area contributed by atoms with Crippen LogP contribution in [-0.4, -0.2) is 29.0 Å². The Balaban J connectivity index is 1.54. The van der Waals surface area contributed by atoms with Crippen molar-refractivity contribution >= 4 is 34.4 Å². The molecule has 1 N–H and O–H groups in total. The van der Waals surface area contributed by atoms with Crippen LogP contribution in [0.4, 0.5) is 0 Å². The minimum atomic E-state index is -0.422. The maximum absolute atomic E-state index is 13.0. The van der Waals surface area contributed by atoms with Crippen LogP contribution in [0.1, 0.15) is 39.2 Å². The summed E-state index contributed by atoms with van der Waals surface area (Å²) in [4.78, 5) is 33.2. The van der Waals surface area contributed by atoms with Crippen molar-refractivity contribution in [2.75, 3.05) is 7.11 Å². The van der Waals surface area contributed by atoms with Crippen molar-refractivity contribution in [2.24, 2.45) is 0 Å². The van der Waals surface area contributed by atoms with E-state index in [1.54, 1.807) is 42.6 Å². The number of methoxy groups -OCH3 is 1. The molecule has 0 fully saturated rings. The van der Waals surface area contributed by atoms with Gasteiger partial charge in [-0.05, 0) is 48.9 Å². The fraction of sp³-hybridized carbons (Fsp3) is 0.120. The van der Waals surface area contributed by atoms with Crippen molar-refractivity contribution < 1.29 is 19.1 Å². The maximum atomic E-state index is 13.0. The minimum absolute atomic E-state index is 0.125. The van der Waals surface area contributed by atoms with E-state index >= 15 is 0 Å². The predicted octanol–water partition coefficient (Wildman–Crippen LogP) is 5.35. The van der Waals surface area contributed by atoms with Crippen LogP contribution >= 0.6 is 11.6 Å². The number of pyridine rings is 2. The van der Waals surface area contributed by atoms with E-state index in [0.717, 1.165) is 16.5 Å². The van der Waals surface area contributed by atoms with E-state index in [-0.39, 0.29) is 17.5 Å². The summed E-state index contributed by atoms with van der Waals surface area (Å²) < 4.78 is 10.6. The average molecular weight is 462 g/mol. The third-order valence-corrected chi connectivity index (χ3v) is 5.24. The summed E-state index contributed by atoms with van der Waals surface area (Å²) in [6.45, 7) is 1.83. The number of nitrogens with zero attached hydrogens (tertiary/aromatic N) is 2. The normalized spacial score (nSPS) is 11.6. The number of carbonyl (C=O) groups excluding carboxylic acids is 2. The Bertz CT molecular complexity index is 1330. The van der Waals surface area contributed by atoms with Gasteiger partial charge in [0.15, 0.2) is 0 Å². The third kappa shape index (κ3) is 5.10. The summed E-state index contributed by atoms with van der Waals surface area (Å²) in [5, 5.41) is 4.19. The van der Waals surface area contributed by atoms with Crippen LogP contribution < -0.4 is 10.1 Å². The summed E-state index contributed by atoms with van der Waals surface area (Å²) in [6.07, 6.45) is 3.12. The molecule has 0 bridgehead atoms. The summed E-state index contributed by atoms with van der Waals surface area (Å²) >= 11 is 6.10. The Hall–Kier alpha value is -3.97. The lowest BCUT2D eigenvalue weighted by molar-refractivity contribution is 0.0600. The smallest absolute Gasteiger partial charge is 0.337 e. The summed E-state index contributed by atoms with van der Waals surface area (Å²) in [7, 11) is 1.33. The van der Waals surface area contributed by atoms with Crippen molar-refractivity contribution in [3.8, 4) is 11.6 Å². The summed E-state index contributed by atoms with van der Waals surface area (Å²) in [5.41, 5.74) is 2.20. The number of hydrogen-bond donors (Lipinski definition) is 1. The molecule has 0 aliphatic heterocycles. The number of nitrogens with one attached hydrogen (secondary N) is 1. The van der Waals surface area contributed by atoms with Gasteiger partial charge < -0.3 is 14.8 Å². The van der Waals surface area contributed by atoms with E-state index in [1.807, 2.05) is 25.1 Å². The highest BCUT2D eigenvalue weighted by Gasteiger charge is 2.19. The largest absolute Gasteiger partial charge is 0.465 e. The van der Waals surface area contributed by atoms with Gasteiger partial charge in [0.25, 0.3) is 5.91 Å². The highest BCUT2D eigenvalue weighted by atomic mass is 35.5. The van der Waals surface area contributed by atoms with Crippen LogP contribution in [0.15, 0.2) is 73.1 Å². The van der Waals surface area contributed by atoms with Gasteiger partial charge in [0.1, 0.15) is 11.3 Å². The van der Waals surface area contributed by atoms with Crippen LogP contribution in [-0.2, 0) is 4.74 Å². The zero-order valence-electron chi connectivity index (χ0n) is 17.9. The van der Waals surface area contributed by atoms with Gasteiger partial charge in [-0.3, -0.25) is 9.78 Å². The number of hydrogen-bond acceptors (Lipinski definition) is 6. The van der Waals surface area contributed by atoms with Gasteiger partial charge in [0, 0.05) is 23.8 Å². The van der Waals surface area contributed by atoms with Crippen LogP contribution in [0.2, 0.25) is 5.02 Å². The highest BCUT2D eigenvalue weighted by molar-refractivity contribution is 6.30. The van der Waals surface area contributed by atoms with E-state index in [2.05, 4.69) is 15.3 Å². The second kappa shape index (κ2) is 9.67. The molecule has 0 saturated heterocycles. The number of fused-ring (bicyclic) bond motifs is 1. The first-order chi connectivity index (χ1) is 15.9. The maximum Gasteiger partial charge on any atom is 0.337 e. The lowest BCUT2D eigenvalue weighted by Crippen LogP contribution is -2.27. The number of esters is 1. The second-order valence-corrected chi connectivity index (χ2v) is 7.71. The summed E-state index contributed by atoms with van der Waals surface area (Å²) in [5.74, 6) is -0.200. The van der Waals surface area contributed by atoms with Crippen molar-refractivity contribution in [1.29, 1.82) is 0 Å². The van der Waals surface area contributed by atoms with E-state index < -0.39 is 11.9 Å². The first-order valence-corrected chi connectivity index (χ1v) is 10.5. The number of ether oxygens (including phenoxy) is 2. The van der Waals surface area contributed by atoms with Gasteiger partial charge >= 0.3 is 5.97 Å². The molecule has 0 spiro atoms. The molecule has 7 nitrogen and oxygen atoms in total. The average Bonchev–Trinajstić information content (AvgIpc) is 2.84. The number of carbonyl (C=O) groups is 2. The number of rotatable bonds is 6. The molecule has 4 aromatic rings. The van der Waals surface area contributed by atoms with Gasteiger partial charge in [-0.25, -0.2) is 9.78 Å². The first kappa shape index (κ1) is 22.2. The SMILES string of the molecule is COC(=O)c1ccc([C@H](C)NC(=O)c2cc(Cl)cnc2Oc2ccc3cccnc3c2)cc1. The molecule has 4 rings (SSSR count). The van der Waals surface area contributed by atoms with Crippen molar-refractivity contribution in [3.05, 3.63) is 94.8 Å². The van der Waals surface area contributed by atoms with Gasteiger partial charge in [-0.1, -0.05) is 29.8 Å². The van der Waals surface area contributed by atoms with E-state index in [1.165, 1.54) is 19.4 Å². The molecule has 0 saturated carbocycles. The molecule has 0 aliphatic rings. The molecule has 1 amide bonds. The number of halogens is 1. The molecule has 8 heteroatoms. The van der Waals surface area contributed by atoms with Crippen molar-refractivity contribution in [3.63, 3.8) is 0 Å². The number of amides is 1. The van der Waals surface area contributed by atoms with Crippen LogP contribution in [0.25, 0.3) is 10.9 Å². The number of aromatic nitrogens is 2. The molecule has 0 unspecified atom stereocenters. The predicted molar refractivity (Wildman–Crippen MR) is 125 cm³/mol. The lowest BCUT2D eigenvalue weighted by Gasteiger charge is -2.16. The van der Waals surface area contributed by atoms with Crippen LogP contribution in [0, 0.1) is 0 Å². The molecule has 0 aliphatic carbocycles. The molecule has 1 atom stereocenters. The molecule has 2 aromatic heterocycles. The van der Waals surface area contributed by atoms with Gasteiger partial charge in [0.2, 0.25) is 5.88 Å². The quantitative estimate of drug-likeness (QED) is 0.389.